The summed E-state index contributed by atoms with van der Waals surface area (Å²) in [5.41, 5.74) is 2.50. The maximum Gasteiger partial charge on any atom is 0.226 e. The van der Waals surface area contributed by atoms with E-state index in [0.717, 1.165) is 16.9 Å². The van der Waals surface area contributed by atoms with Gasteiger partial charge in [-0.05, 0) is 35.4 Å². The van der Waals surface area contributed by atoms with Crippen molar-refractivity contribution in [3.8, 4) is 11.5 Å². The Morgan fingerprint density at radius 3 is 2.20 bits per heavy atom. The molecule has 178 valence electrons. The average Bonchev–Trinajstić information content (AvgIpc) is 3.39. The van der Waals surface area contributed by atoms with Crippen LogP contribution in [0.4, 0.5) is 0 Å². The number of H-pyrrole nitrogens is 1. The van der Waals surface area contributed by atoms with Crippen LogP contribution in [0.1, 0.15) is 16.8 Å². The van der Waals surface area contributed by atoms with Gasteiger partial charge >= 0.3 is 0 Å². The monoisotopic (exact) mass is 469 g/mol. The van der Waals surface area contributed by atoms with Gasteiger partial charge in [0.05, 0.1) is 26.0 Å². The van der Waals surface area contributed by atoms with Crippen molar-refractivity contribution in [2.75, 3.05) is 6.61 Å². The van der Waals surface area contributed by atoms with Gasteiger partial charge in [-0.15, -0.1) is 0 Å². The van der Waals surface area contributed by atoms with Gasteiger partial charge in [0.2, 0.25) is 5.91 Å². The molecule has 35 heavy (non-hydrogen) atoms. The second kappa shape index (κ2) is 12.3. The molecule has 0 saturated carbocycles. The molecular weight excluding hydrogens is 442 g/mol. The number of ketones is 1. The first-order chi connectivity index (χ1) is 17.2. The summed E-state index contributed by atoms with van der Waals surface area (Å²) in [6, 6.07) is 25.8. The quantitative estimate of drug-likeness (QED) is 0.323. The molecule has 2 N–H and O–H groups in total. The van der Waals surface area contributed by atoms with Crippen molar-refractivity contribution in [2.24, 2.45) is 0 Å². The van der Waals surface area contributed by atoms with Crippen LogP contribution >= 0.6 is 0 Å². The van der Waals surface area contributed by atoms with Crippen LogP contribution in [0.3, 0.4) is 0 Å². The second-order valence-electron chi connectivity index (χ2n) is 8.08. The third-order valence-electron chi connectivity index (χ3n) is 5.31. The summed E-state index contributed by atoms with van der Waals surface area (Å²) in [5.74, 6) is 1.02. The van der Waals surface area contributed by atoms with E-state index >= 15 is 0 Å². The van der Waals surface area contributed by atoms with E-state index in [2.05, 4.69) is 15.3 Å². The van der Waals surface area contributed by atoms with E-state index in [4.69, 9.17) is 9.47 Å². The smallest absolute Gasteiger partial charge is 0.226 e. The number of nitrogens with one attached hydrogen (secondary N) is 2. The van der Waals surface area contributed by atoms with Crippen molar-refractivity contribution >= 4 is 11.7 Å². The number of Topliss-reactive ketones (excluding diaryl/α,β-unsaturated/α-hetero) is 1. The maximum absolute atomic E-state index is 13.1. The van der Waals surface area contributed by atoms with E-state index in [-0.39, 0.29) is 31.1 Å². The largest absolute Gasteiger partial charge is 0.457 e. The lowest BCUT2D eigenvalue weighted by Crippen LogP contribution is -2.45. The van der Waals surface area contributed by atoms with E-state index in [1.165, 1.54) is 6.33 Å². The lowest BCUT2D eigenvalue weighted by molar-refractivity contribution is -0.128. The highest BCUT2D eigenvalue weighted by Gasteiger charge is 2.22. The number of para-hydroxylation sites is 1. The summed E-state index contributed by atoms with van der Waals surface area (Å²) in [5, 5.41) is 2.82. The Labute approximate surface area is 204 Å². The number of carbonyl (C=O) groups excluding carboxylic acids is 2. The summed E-state index contributed by atoms with van der Waals surface area (Å²) in [7, 11) is 0. The van der Waals surface area contributed by atoms with E-state index < -0.39 is 6.04 Å². The number of aromatic nitrogens is 2. The molecule has 0 saturated heterocycles. The molecule has 0 aliphatic heterocycles. The lowest BCUT2D eigenvalue weighted by Gasteiger charge is -2.18. The normalized spacial score (nSPS) is 11.5. The fraction of sp³-hybridized carbons (Fsp3) is 0.179. The van der Waals surface area contributed by atoms with Crippen molar-refractivity contribution in [3.05, 3.63) is 114 Å². The van der Waals surface area contributed by atoms with Crippen LogP contribution < -0.4 is 10.1 Å². The topological polar surface area (TPSA) is 93.3 Å². The molecule has 7 nitrogen and oxygen atoms in total. The fourth-order valence-corrected chi connectivity index (χ4v) is 3.51. The number of rotatable bonds is 12. The minimum Gasteiger partial charge on any atom is -0.457 e. The first-order valence-corrected chi connectivity index (χ1v) is 11.4. The van der Waals surface area contributed by atoms with Crippen molar-refractivity contribution < 1.29 is 19.1 Å². The Balaban J connectivity index is 1.36. The van der Waals surface area contributed by atoms with Crippen molar-refractivity contribution in [1.29, 1.82) is 0 Å². The third-order valence-corrected chi connectivity index (χ3v) is 5.31. The first-order valence-electron chi connectivity index (χ1n) is 11.4. The summed E-state index contributed by atoms with van der Waals surface area (Å²) in [6.45, 7) is 0.435. The van der Waals surface area contributed by atoms with Gasteiger partial charge in [-0.2, -0.15) is 0 Å². The van der Waals surface area contributed by atoms with E-state index in [1.807, 2.05) is 84.9 Å². The molecule has 1 aromatic heterocycles. The Kier molecular flexibility index (Phi) is 8.40. The van der Waals surface area contributed by atoms with Crippen molar-refractivity contribution in [2.45, 2.75) is 25.5 Å². The van der Waals surface area contributed by atoms with Crippen LogP contribution in [-0.2, 0) is 33.8 Å². The molecule has 0 aliphatic rings. The number of hydrogen-bond acceptors (Lipinski definition) is 5. The van der Waals surface area contributed by atoms with Crippen LogP contribution in [-0.4, -0.2) is 34.3 Å². The number of carbonyl (C=O) groups is 2. The molecule has 1 atom stereocenters. The number of hydrogen-bond donors (Lipinski definition) is 2. The van der Waals surface area contributed by atoms with Gasteiger partial charge < -0.3 is 19.8 Å². The number of ether oxygens (including phenoxy) is 2. The number of amides is 1. The summed E-state index contributed by atoms with van der Waals surface area (Å²) in [4.78, 5) is 32.5. The zero-order valence-corrected chi connectivity index (χ0v) is 19.2. The average molecular weight is 470 g/mol. The zero-order chi connectivity index (χ0) is 24.3. The Hall–Kier alpha value is -4.23. The molecule has 3 aromatic carbocycles. The molecule has 1 unspecified atom stereocenters. The Bertz CT molecular complexity index is 1190. The highest BCUT2D eigenvalue weighted by atomic mass is 16.5. The molecule has 4 rings (SSSR count). The maximum atomic E-state index is 13.1. The number of nitrogens with zero attached hydrogens (tertiary/aromatic N) is 1. The van der Waals surface area contributed by atoms with Crippen molar-refractivity contribution in [3.63, 3.8) is 0 Å². The SMILES string of the molecule is O=C(Cc1cnc[nH]1)NC(COCc1ccccc1)C(=O)Cc1ccc(Oc2ccccc2)cc1. The zero-order valence-electron chi connectivity index (χ0n) is 19.2. The summed E-state index contributed by atoms with van der Waals surface area (Å²) >= 11 is 0. The van der Waals surface area contributed by atoms with E-state index in [9.17, 15) is 9.59 Å². The fourth-order valence-electron chi connectivity index (χ4n) is 3.51. The van der Waals surface area contributed by atoms with E-state index in [1.54, 1.807) is 6.20 Å². The Morgan fingerprint density at radius 2 is 1.51 bits per heavy atom. The molecular formula is C28H27N3O4. The highest BCUT2D eigenvalue weighted by Crippen LogP contribution is 2.21. The molecule has 0 radical (unpaired) electrons. The van der Waals surface area contributed by atoms with Crippen LogP contribution in [0.2, 0.25) is 0 Å². The molecule has 1 heterocycles. The molecule has 0 bridgehead atoms. The molecule has 4 aromatic rings. The lowest BCUT2D eigenvalue weighted by atomic mass is 10.0. The van der Waals surface area contributed by atoms with Gasteiger partial charge in [-0.1, -0.05) is 60.7 Å². The third kappa shape index (κ3) is 7.65. The van der Waals surface area contributed by atoms with Gasteiger partial charge in [0.15, 0.2) is 5.78 Å². The van der Waals surface area contributed by atoms with Crippen LogP contribution in [0.25, 0.3) is 0 Å². The van der Waals surface area contributed by atoms with Gasteiger partial charge in [0, 0.05) is 18.3 Å². The van der Waals surface area contributed by atoms with Gasteiger partial charge in [-0.3, -0.25) is 9.59 Å². The molecule has 0 fully saturated rings. The van der Waals surface area contributed by atoms with Gasteiger partial charge in [0.25, 0.3) is 0 Å². The molecule has 0 spiro atoms. The number of imidazole rings is 1. The number of benzene rings is 3. The predicted molar refractivity (Wildman–Crippen MR) is 132 cm³/mol. The van der Waals surface area contributed by atoms with Crippen LogP contribution in [0.15, 0.2) is 97.5 Å². The minimum atomic E-state index is -0.769. The van der Waals surface area contributed by atoms with Gasteiger partial charge in [-0.25, -0.2) is 4.98 Å². The summed E-state index contributed by atoms with van der Waals surface area (Å²) < 4.78 is 11.6. The molecule has 1 amide bonds. The van der Waals surface area contributed by atoms with Crippen LogP contribution in [0, 0.1) is 0 Å². The number of aromatic amines is 1. The first kappa shape index (κ1) is 23.9. The van der Waals surface area contributed by atoms with E-state index in [0.29, 0.717) is 18.1 Å². The Morgan fingerprint density at radius 1 is 0.829 bits per heavy atom. The molecule has 0 aliphatic carbocycles. The highest BCUT2D eigenvalue weighted by molar-refractivity contribution is 5.91. The van der Waals surface area contributed by atoms with Crippen molar-refractivity contribution in [1.82, 2.24) is 15.3 Å². The minimum absolute atomic E-state index is 0.0810. The summed E-state index contributed by atoms with van der Waals surface area (Å²) in [6.07, 6.45) is 3.37. The predicted octanol–water partition coefficient (Wildman–Crippen LogP) is 4.26. The van der Waals surface area contributed by atoms with Gasteiger partial charge in [0.1, 0.15) is 17.5 Å². The van der Waals surface area contributed by atoms with Crippen LogP contribution in [0.5, 0.6) is 11.5 Å². The molecule has 7 heteroatoms. The standard InChI is InChI=1S/C28H27N3O4/c32-27(15-21-11-13-25(14-12-21)35-24-9-5-2-6-10-24)26(19-34-18-22-7-3-1-4-8-22)31-28(33)16-23-17-29-20-30-23/h1-14,17,20,26H,15-16,18-19H2,(H,29,30)(H,31,33). The second-order valence-corrected chi connectivity index (χ2v) is 8.08.